The average molecular weight is 232 g/mol. The van der Waals surface area contributed by atoms with Gasteiger partial charge in [0.05, 0.1) is 12.8 Å². The Morgan fingerprint density at radius 1 is 1.67 bits per heavy atom. The van der Waals surface area contributed by atoms with Gasteiger partial charge in [-0.1, -0.05) is 0 Å². The van der Waals surface area contributed by atoms with Crippen LogP contribution in [-0.4, -0.2) is 23.3 Å². The van der Waals surface area contributed by atoms with Crippen molar-refractivity contribution in [2.45, 2.75) is 6.92 Å². The molecule has 1 heterocycles. The van der Waals surface area contributed by atoms with Crippen molar-refractivity contribution < 1.29 is 9.84 Å². The molecule has 4 heteroatoms. The van der Waals surface area contributed by atoms with Crippen LogP contribution >= 0.6 is 15.9 Å². The van der Waals surface area contributed by atoms with E-state index in [9.17, 15) is 0 Å². The van der Waals surface area contributed by atoms with Gasteiger partial charge in [0.25, 0.3) is 0 Å². The molecule has 1 aromatic rings. The monoisotopic (exact) mass is 231 g/mol. The van der Waals surface area contributed by atoms with E-state index in [0.29, 0.717) is 12.4 Å². The van der Waals surface area contributed by atoms with Crippen molar-refractivity contribution in [3.63, 3.8) is 0 Å². The van der Waals surface area contributed by atoms with E-state index in [1.165, 1.54) is 0 Å². The molecular formula is C8H10BrNO2. The number of hydrogen-bond acceptors (Lipinski definition) is 3. The molecule has 1 N–H and O–H groups in total. The maximum absolute atomic E-state index is 8.52. The van der Waals surface area contributed by atoms with Gasteiger partial charge in [0.2, 0.25) is 0 Å². The Labute approximate surface area is 79.5 Å². The van der Waals surface area contributed by atoms with Crippen molar-refractivity contribution in [2.24, 2.45) is 0 Å². The van der Waals surface area contributed by atoms with Gasteiger partial charge in [-0.15, -0.1) is 0 Å². The van der Waals surface area contributed by atoms with Crippen molar-refractivity contribution >= 4 is 15.9 Å². The van der Waals surface area contributed by atoms with Gasteiger partial charge in [-0.3, -0.25) is 0 Å². The molecule has 0 aliphatic heterocycles. The topological polar surface area (TPSA) is 42.4 Å². The minimum atomic E-state index is 0.0233. The lowest BCUT2D eigenvalue weighted by atomic mass is 10.3. The van der Waals surface area contributed by atoms with Crippen molar-refractivity contribution in [3.8, 4) is 5.75 Å². The fourth-order valence-electron chi connectivity index (χ4n) is 0.816. The second kappa shape index (κ2) is 4.42. The van der Waals surface area contributed by atoms with Crippen LogP contribution < -0.4 is 4.74 Å². The third-order valence-corrected chi connectivity index (χ3v) is 1.81. The molecule has 0 aliphatic carbocycles. The quantitative estimate of drug-likeness (QED) is 0.803. The molecule has 0 saturated heterocycles. The standard InChI is InChI=1S/C8H10BrNO2/c1-6-4-8(9)10-5-7(6)12-3-2-11/h4-5,11H,2-3H2,1H3. The number of hydrogen-bond donors (Lipinski definition) is 1. The predicted molar refractivity (Wildman–Crippen MR) is 49.3 cm³/mol. The SMILES string of the molecule is Cc1cc(Br)ncc1OCCO. The summed E-state index contributed by atoms with van der Waals surface area (Å²) in [4.78, 5) is 4.00. The fraction of sp³-hybridized carbons (Fsp3) is 0.375. The summed E-state index contributed by atoms with van der Waals surface area (Å²) in [6.07, 6.45) is 1.63. The number of nitrogens with zero attached hydrogens (tertiary/aromatic N) is 1. The first kappa shape index (κ1) is 9.48. The van der Waals surface area contributed by atoms with Gasteiger partial charge in [-0.25, -0.2) is 4.98 Å². The van der Waals surface area contributed by atoms with Gasteiger partial charge < -0.3 is 9.84 Å². The van der Waals surface area contributed by atoms with Crippen LogP contribution in [0.2, 0.25) is 0 Å². The summed E-state index contributed by atoms with van der Waals surface area (Å²) < 4.78 is 6.00. The number of aromatic nitrogens is 1. The summed E-state index contributed by atoms with van der Waals surface area (Å²) in [6, 6.07) is 1.87. The molecule has 0 atom stereocenters. The number of aliphatic hydroxyl groups is 1. The van der Waals surface area contributed by atoms with Crippen LogP contribution in [0.25, 0.3) is 0 Å². The summed E-state index contributed by atoms with van der Waals surface area (Å²) in [5.74, 6) is 0.715. The van der Waals surface area contributed by atoms with Gasteiger partial charge >= 0.3 is 0 Å². The maximum Gasteiger partial charge on any atom is 0.140 e. The zero-order valence-corrected chi connectivity index (χ0v) is 8.34. The van der Waals surface area contributed by atoms with Crippen LogP contribution in [0.5, 0.6) is 5.75 Å². The highest BCUT2D eigenvalue weighted by Gasteiger charge is 1.99. The van der Waals surface area contributed by atoms with Gasteiger partial charge in [-0.2, -0.15) is 0 Å². The number of aryl methyl sites for hydroxylation is 1. The summed E-state index contributed by atoms with van der Waals surface area (Å²) in [5.41, 5.74) is 1.00. The molecule has 12 heavy (non-hydrogen) atoms. The van der Waals surface area contributed by atoms with E-state index in [-0.39, 0.29) is 6.61 Å². The highest BCUT2D eigenvalue weighted by Crippen LogP contribution is 2.18. The largest absolute Gasteiger partial charge is 0.489 e. The van der Waals surface area contributed by atoms with E-state index in [2.05, 4.69) is 20.9 Å². The first-order valence-corrected chi connectivity index (χ1v) is 4.39. The summed E-state index contributed by atoms with van der Waals surface area (Å²) in [6.45, 7) is 2.26. The van der Waals surface area contributed by atoms with E-state index in [1.54, 1.807) is 6.20 Å². The zero-order chi connectivity index (χ0) is 8.97. The second-order valence-electron chi connectivity index (χ2n) is 2.34. The molecule has 0 amide bonds. The van der Waals surface area contributed by atoms with Crippen molar-refractivity contribution in [2.75, 3.05) is 13.2 Å². The highest BCUT2D eigenvalue weighted by molar-refractivity contribution is 9.10. The summed E-state index contributed by atoms with van der Waals surface area (Å²) in [5, 5.41) is 8.52. The molecule has 0 unspecified atom stereocenters. The minimum absolute atomic E-state index is 0.0233. The molecule has 0 saturated carbocycles. The average Bonchev–Trinajstić information content (AvgIpc) is 2.03. The molecule has 0 spiro atoms. The van der Waals surface area contributed by atoms with E-state index in [1.807, 2.05) is 13.0 Å². The third kappa shape index (κ3) is 2.46. The number of pyridine rings is 1. The molecule has 0 aromatic carbocycles. The molecule has 0 radical (unpaired) electrons. The predicted octanol–water partition coefficient (Wildman–Crippen LogP) is 1.52. The van der Waals surface area contributed by atoms with E-state index >= 15 is 0 Å². The van der Waals surface area contributed by atoms with Gasteiger partial charge in [0.1, 0.15) is 17.0 Å². The molecule has 66 valence electrons. The lowest BCUT2D eigenvalue weighted by Crippen LogP contribution is -2.03. The molecule has 3 nitrogen and oxygen atoms in total. The first-order chi connectivity index (χ1) is 5.74. The fourth-order valence-corrected chi connectivity index (χ4v) is 1.26. The van der Waals surface area contributed by atoms with E-state index in [4.69, 9.17) is 9.84 Å². The second-order valence-corrected chi connectivity index (χ2v) is 3.16. The van der Waals surface area contributed by atoms with Crippen LogP contribution in [-0.2, 0) is 0 Å². The molecule has 1 aromatic heterocycles. The third-order valence-electron chi connectivity index (χ3n) is 1.38. The van der Waals surface area contributed by atoms with Crippen molar-refractivity contribution in [1.82, 2.24) is 4.98 Å². The molecule has 0 fully saturated rings. The van der Waals surface area contributed by atoms with Crippen molar-refractivity contribution in [1.29, 1.82) is 0 Å². The Morgan fingerprint density at radius 3 is 3.00 bits per heavy atom. The minimum Gasteiger partial charge on any atom is -0.489 e. The van der Waals surface area contributed by atoms with Gasteiger partial charge in [0.15, 0.2) is 0 Å². The van der Waals surface area contributed by atoms with Gasteiger partial charge in [0, 0.05) is 0 Å². The molecule has 0 aliphatic rings. The first-order valence-electron chi connectivity index (χ1n) is 3.60. The van der Waals surface area contributed by atoms with Gasteiger partial charge in [-0.05, 0) is 34.5 Å². The summed E-state index contributed by atoms with van der Waals surface area (Å²) in [7, 11) is 0. The molecular weight excluding hydrogens is 222 g/mol. The molecule has 0 bridgehead atoms. The maximum atomic E-state index is 8.52. The van der Waals surface area contributed by atoms with Crippen LogP contribution in [0, 0.1) is 6.92 Å². The Bertz CT molecular complexity index is 265. The number of rotatable bonds is 3. The molecule has 1 rings (SSSR count). The van der Waals surface area contributed by atoms with Crippen LogP contribution in [0.1, 0.15) is 5.56 Å². The normalized spacial score (nSPS) is 9.92. The van der Waals surface area contributed by atoms with Crippen LogP contribution in [0.3, 0.4) is 0 Å². The Morgan fingerprint density at radius 2 is 2.42 bits per heavy atom. The van der Waals surface area contributed by atoms with E-state index < -0.39 is 0 Å². The number of aliphatic hydroxyl groups excluding tert-OH is 1. The summed E-state index contributed by atoms with van der Waals surface area (Å²) >= 11 is 3.25. The Balaban J connectivity index is 2.72. The zero-order valence-electron chi connectivity index (χ0n) is 6.75. The smallest absolute Gasteiger partial charge is 0.140 e. The van der Waals surface area contributed by atoms with Crippen LogP contribution in [0.4, 0.5) is 0 Å². The number of halogens is 1. The lowest BCUT2D eigenvalue weighted by Gasteiger charge is -2.06. The highest BCUT2D eigenvalue weighted by atomic mass is 79.9. The van der Waals surface area contributed by atoms with Crippen molar-refractivity contribution in [3.05, 3.63) is 22.4 Å². The Kier molecular flexibility index (Phi) is 3.49. The van der Waals surface area contributed by atoms with E-state index in [0.717, 1.165) is 10.2 Å². The number of ether oxygens (including phenoxy) is 1. The van der Waals surface area contributed by atoms with Crippen LogP contribution in [0.15, 0.2) is 16.9 Å². The Hall–Kier alpha value is -0.610. The lowest BCUT2D eigenvalue weighted by molar-refractivity contribution is 0.200.